The van der Waals surface area contributed by atoms with Crippen LogP contribution in [0.4, 0.5) is 0 Å². The Kier molecular flexibility index (Phi) is 3.62. The molecule has 6 nitrogen and oxygen atoms in total. The monoisotopic (exact) mass is 286 g/mol. The molecule has 1 saturated carbocycles. The standard InChI is InChI=1S/C15H18N4O2/c1-21-10-4-2-9(3-5-10)13-8-14(19-18-13)15(20)17-12-7-6-11(12)16/h2-5,8,11-12H,6-7,16H2,1H3,(H,17,20)(H,18,19)/t11-,12+/m1/s1. The van der Waals surface area contributed by atoms with Gasteiger partial charge in [0.25, 0.3) is 5.91 Å². The number of ether oxygens (including phenoxy) is 1. The zero-order chi connectivity index (χ0) is 14.8. The van der Waals surface area contributed by atoms with E-state index in [0.29, 0.717) is 5.69 Å². The van der Waals surface area contributed by atoms with Crippen molar-refractivity contribution in [2.45, 2.75) is 24.9 Å². The highest BCUT2D eigenvalue weighted by Gasteiger charge is 2.29. The average Bonchev–Trinajstić information content (AvgIpc) is 3.01. The molecule has 1 aliphatic rings. The highest BCUT2D eigenvalue weighted by Crippen LogP contribution is 2.22. The van der Waals surface area contributed by atoms with Gasteiger partial charge in [-0.25, -0.2) is 0 Å². The molecule has 0 bridgehead atoms. The number of nitrogens with one attached hydrogen (secondary N) is 2. The number of hydrogen-bond donors (Lipinski definition) is 3. The third-order valence-corrected chi connectivity index (χ3v) is 3.85. The largest absolute Gasteiger partial charge is 0.497 e. The molecule has 0 unspecified atom stereocenters. The molecule has 1 fully saturated rings. The van der Waals surface area contributed by atoms with Crippen LogP contribution in [0.15, 0.2) is 30.3 Å². The molecule has 0 spiro atoms. The number of methoxy groups -OCH3 is 1. The van der Waals surface area contributed by atoms with E-state index in [1.807, 2.05) is 24.3 Å². The quantitative estimate of drug-likeness (QED) is 0.790. The summed E-state index contributed by atoms with van der Waals surface area (Å²) in [7, 11) is 1.62. The number of nitrogens with zero attached hydrogens (tertiary/aromatic N) is 1. The van der Waals surface area contributed by atoms with E-state index in [1.165, 1.54) is 0 Å². The average molecular weight is 286 g/mol. The van der Waals surface area contributed by atoms with Gasteiger partial charge in [0.15, 0.2) is 0 Å². The van der Waals surface area contributed by atoms with E-state index < -0.39 is 0 Å². The molecule has 21 heavy (non-hydrogen) atoms. The zero-order valence-electron chi connectivity index (χ0n) is 11.8. The van der Waals surface area contributed by atoms with Crippen molar-refractivity contribution >= 4 is 5.91 Å². The Balaban J connectivity index is 1.71. The number of rotatable bonds is 4. The van der Waals surface area contributed by atoms with Crippen molar-refractivity contribution in [1.29, 1.82) is 0 Å². The molecular weight excluding hydrogens is 268 g/mol. The molecule has 2 atom stereocenters. The number of benzene rings is 1. The lowest BCUT2D eigenvalue weighted by Gasteiger charge is -2.33. The van der Waals surface area contributed by atoms with Gasteiger partial charge in [-0.3, -0.25) is 9.89 Å². The topological polar surface area (TPSA) is 93.0 Å². The maximum Gasteiger partial charge on any atom is 0.269 e. The number of carbonyl (C=O) groups is 1. The Morgan fingerprint density at radius 1 is 1.38 bits per heavy atom. The number of H-pyrrole nitrogens is 1. The van der Waals surface area contributed by atoms with E-state index in [-0.39, 0.29) is 18.0 Å². The van der Waals surface area contributed by atoms with Crippen LogP contribution >= 0.6 is 0 Å². The van der Waals surface area contributed by atoms with Crippen LogP contribution in [0.25, 0.3) is 11.3 Å². The summed E-state index contributed by atoms with van der Waals surface area (Å²) in [6, 6.07) is 9.40. The normalized spacial score (nSPS) is 20.7. The molecule has 2 aromatic rings. The molecule has 1 aliphatic carbocycles. The van der Waals surface area contributed by atoms with Gasteiger partial charge in [-0.05, 0) is 43.2 Å². The molecule has 1 aromatic carbocycles. The minimum Gasteiger partial charge on any atom is -0.497 e. The second-order valence-electron chi connectivity index (χ2n) is 5.22. The van der Waals surface area contributed by atoms with Gasteiger partial charge in [0, 0.05) is 17.6 Å². The Labute approximate surface area is 122 Å². The maximum atomic E-state index is 12.1. The molecule has 1 heterocycles. The molecular formula is C15H18N4O2. The lowest BCUT2D eigenvalue weighted by molar-refractivity contribution is 0.0900. The van der Waals surface area contributed by atoms with Gasteiger partial charge in [0.2, 0.25) is 0 Å². The number of amides is 1. The van der Waals surface area contributed by atoms with E-state index in [9.17, 15) is 4.79 Å². The lowest BCUT2D eigenvalue weighted by Crippen LogP contribution is -2.54. The van der Waals surface area contributed by atoms with Crippen molar-refractivity contribution in [2.24, 2.45) is 5.73 Å². The van der Waals surface area contributed by atoms with Crippen LogP contribution in [0.2, 0.25) is 0 Å². The molecule has 0 radical (unpaired) electrons. The highest BCUT2D eigenvalue weighted by molar-refractivity contribution is 5.93. The first kappa shape index (κ1) is 13.6. The van der Waals surface area contributed by atoms with Crippen LogP contribution in [0, 0.1) is 0 Å². The summed E-state index contributed by atoms with van der Waals surface area (Å²) in [4.78, 5) is 12.1. The van der Waals surface area contributed by atoms with Gasteiger partial charge in [-0.2, -0.15) is 5.10 Å². The predicted octanol–water partition coefficient (Wildman–Crippen LogP) is 1.30. The molecule has 1 amide bonds. The van der Waals surface area contributed by atoms with Crippen molar-refractivity contribution in [1.82, 2.24) is 15.5 Å². The van der Waals surface area contributed by atoms with Crippen LogP contribution < -0.4 is 15.8 Å². The van der Waals surface area contributed by atoms with E-state index in [4.69, 9.17) is 10.5 Å². The first-order valence-corrected chi connectivity index (χ1v) is 6.93. The zero-order valence-corrected chi connectivity index (χ0v) is 11.8. The van der Waals surface area contributed by atoms with Crippen molar-refractivity contribution in [3.05, 3.63) is 36.0 Å². The van der Waals surface area contributed by atoms with E-state index in [2.05, 4.69) is 15.5 Å². The van der Waals surface area contributed by atoms with Crippen LogP contribution in [0.1, 0.15) is 23.3 Å². The summed E-state index contributed by atoms with van der Waals surface area (Å²) in [5.41, 5.74) is 7.91. The minimum absolute atomic E-state index is 0.0675. The molecule has 0 aliphatic heterocycles. The third-order valence-electron chi connectivity index (χ3n) is 3.85. The van der Waals surface area contributed by atoms with E-state index in [0.717, 1.165) is 29.8 Å². The fourth-order valence-electron chi connectivity index (χ4n) is 2.30. The van der Waals surface area contributed by atoms with Crippen LogP contribution in [0.3, 0.4) is 0 Å². The van der Waals surface area contributed by atoms with Gasteiger partial charge in [0.05, 0.1) is 12.8 Å². The molecule has 0 saturated heterocycles. The van der Waals surface area contributed by atoms with Crippen LogP contribution in [0.5, 0.6) is 5.75 Å². The summed E-state index contributed by atoms with van der Waals surface area (Å²) in [6.45, 7) is 0. The van der Waals surface area contributed by atoms with Crippen molar-refractivity contribution in [3.8, 4) is 17.0 Å². The molecule has 110 valence electrons. The summed E-state index contributed by atoms with van der Waals surface area (Å²) in [5.74, 6) is 0.619. The lowest BCUT2D eigenvalue weighted by atomic mass is 9.87. The summed E-state index contributed by atoms with van der Waals surface area (Å²) in [6.07, 6.45) is 1.90. The van der Waals surface area contributed by atoms with Gasteiger partial charge in [0.1, 0.15) is 11.4 Å². The fourth-order valence-corrected chi connectivity index (χ4v) is 2.30. The SMILES string of the molecule is COc1ccc(-c2cc(C(=O)N[C@H]3CC[C@H]3N)[nH]n2)cc1. The Bertz CT molecular complexity index is 635. The van der Waals surface area contributed by atoms with Crippen LogP contribution in [-0.2, 0) is 0 Å². The maximum absolute atomic E-state index is 12.1. The number of carbonyl (C=O) groups excluding carboxylic acids is 1. The number of aromatic nitrogens is 2. The van der Waals surface area contributed by atoms with Crippen molar-refractivity contribution in [2.75, 3.05) is 7.11 Å². The second-order valence-corrected chi connectivity index (χ2v) is 5.22. The summed E-state index contributed by atoms with van der Waals surface area (Å²) < 4.78 is 5.12. The highest BCUT2D eigenvalue weighted by atomic mass is 16.5. The Hall–Kier alpha value is -2.34. The van der Waals surface area contributed by atoms with Gasteiger partial charge in [-0.15, -0.1) is 0 Å². The first-order valence-electron chi connectivity index (χ1n) is 6.93. The Morgan fingerprint density at radius 2 is 2.14 bits per heavy atom. The Morgan fingerprint density at radius 3 is 2.71 bits per heavy atom. The van der Waals surface area contributed by atoms with Crippen molar-refractivity contribution < 1.29 is 9.53 Å². The van der Waals surface area contributed by atoms with Crippen molar-refractivity contribution in [3.63, 3.8) is 0 Å². The number of aromatic amines is 1. The number of hydrogen-bond acceptors (Lipinski definition) is 4. The molecule has 3 rings (SSSR count). The number of nitrogens with two attached hydrogens (primary N) is 1. The third kappa shape index (κ3) is 2.75. The van der Waals surface area contributed by atoms with Gasteiger partial charge >= 0.3 is 0 Å². The van der Waals surface area contributed by atoms with Crippen LogP contribution in [-0.4, -0.2) is 35.3 Å². The second kappa shape index (κ2) is 5.57. The molecule has 6 heteroatoms. The van der Waals surface area contributed by atoms with Gasteiger partial charge in [-0.1, -0.05) is 0 Å². The smallest absolute Gasteiger partial charge is 0.269 e. The predicted molar refractivity (Wildman–Crippen MR) is 79.0 cm³/mol. The fraction of sp³-hybridized carbons (Fsp3) is 0.333. The molecule has 1 aromatic heterocycles. The first-order chi connectivity index (χ1) is 10.2. The minimum atomic E-state index is -0.164. The molecule has 4 N–H and O–H groups in total. The van der Waals surface area contributed by atoms with E-state index >= 15 is 0 Å². The van der Waals surface area contributed by atoms with Gasteiger partial charge < -0.3 is 15.8 Å². The summed E-state index contributed by atoms with van der Waals surface area (Å²) >= 11 is 0. The summed E-state index contributed by atoms with van der Waals surface area (Å²) in [5, 5.41) is 9.85. The van der Waals surface area contributed by atoms with E-state index in [1.54, 1.807) is 13.2 Å².